The van der Waals surface area contributed by atoms with Crippen LogP contribution in [0.1, 0.15) is 23.8 Å². The number of benzene rings is 1. The van der Waals surface area contributed by atoms with E-state index in [0.29, 0.717) is 5.70 Å². The second-order valence-electron chi connectivity index (χ2n) is 3.68. The maximum atomic E-state index is 5.82. The van der Waals surface area contributed by atoms with E-state index in [2.05, 4.69) is 37.8 Å². The van der Waals surface area contributed by atoms with Crippen molar-refractivity contribution in [2.45, 2.75) is 19.8 Å². The first-order valence-electron chi connectivity index (χ1n) is 5.19. The lowest BCUT2D eigenvalue weighted by Crippen LogP contribution is -1.95. The van der Waals surface area contributed by atoms with Crippen molar-refractivity contribution < 1.29 is 0 Å². The molecule has 1 aromatic carbocycles. The van der Waals surface area contributed by atoms with Gasteiger partial charge in [0.2, 0.25) is 0 Å². The van der Waals surface area contributed by atoms with Crippen molar-refractivity contribution in [3.05, 3.63) is 41.3 Å². The fourth-order valence-corrected chi connectivity index (χ4v) is 2.99. The summed E-state index contributed by atoms with van der Waals surface area (Å²) in [5.41, 5.74) is 7.89. The van der Waals surface area contributed by atoms with Crippen LogP contribution < -0.4 is 5.73 Å². The molecule has 0 aliphatic rings. The Hall–Kier alpha value is -1.28. The standard InChI is InChI=1S/C13H15NS/c1-3-6-11-10-7-4-5-8-12(10)15-13(11)9(2)14/h4-5,7-8H,2-3,6,14H2,1H3. The molecule has 0 bridgehead atoms. The molecule has 0 unspecified atom stereocenters. The topological polar surface area (TPSA) is 26.0 Å². The van der Waals surface area contributed by atoms with Crippen molar-refractivity contribution in [1.82, 2.24) is 0 Å². The summed E-state index contributed by atoms with van der Waals surface area (Å²) in [6, 6.07) is 8.46. The van der Waals surface area contributed by atoms with Gasteiger partial charge in [-0.3, -0.25) is 0 Å². The summed E-state index contributed by atoms with van der Waals surface area (Å²) >= 11 is 1.75. The van der Waals surface area contributed by atoms with Crippen LogP contribution in [0.4, 0.5) is 0 Å². The van der Waals surface area contributed by atoms with Crippen LogP contribution in [0.25, 0.3) is 15.8 Å². The summed E-state index contributed by atoms with van der Waals surface area (Å²) in [6.07, 6.45) is 2.22. The molecule has 0 saturated carbocycles. The molecule has 1 nitrogen and oxygen atoms in total. The third kappa shape index (κ3) is 1.77. The van der Waals surface area contributed by atoms with Crippen LogP contribution in [-0.2, 0) is 6.42 Å². The molecule has 0 spiro atoms. The number of hydrogen-bond donors (Lipinski definition) is 1. The van der Waals surface area contributed by atoms with Crippen molar-refractivity contribution in [2.24, 2.45) is 5.73 Å². The molecule has 2 heteroatoms. The SMILES string of the molecule is C=C(N)c1sc2ccccc2c1CCC. The first-order chi connectivity index (χ1) is 7.24. The first kappa shape index (κ1) is 10.2. The van der Waals surface area contributed by atoms with Crippen molar-refractivity contribution >= 4 is 27.1 Å². The fraction of sp³-hybridized carbons (Fsp3) is 0.231. The Kier molecular flexibility index (Phi) is 2.78. The van der Waals surface area contributed by atoms with E-state index in [1.54, 1.807) is 11.3 Å². The summed E-state index contributed by atoms with van der Waals surface area (Å²) in [5.74, 6) is 0. The minimum absolute atomic E-state index is 0.694. The quantitative estimate of drug-likeness (QED) is 0.831. The van der Waals surface area contributed by atoms with E-state index in [1.807, 2.05) is 0 Å². The van der Waals surface area contributed by atoms with Crippen LogP contribution >= 0.6 is 11.3 Å². The predicted octanol–water partition coefficient (Wildman–Crippen LogP) is 3.78. The average Bonchev–Trinajstić information content (AvgIpc) is 2.58. The zero-order valence-electron chi connectivity index (χ0n) is 8.92. The third-order valence-electron chi connectivity index (χ3n) is 2.49. The number of thiophene rings is 1. The zero-order valence-corrected chi connectivity index (χ0v) is 9.73. The summed E-state index contributed by atoms with van der Waals surface area (Å²) in [5, 5.41) is 1.34. The molecule has 0 radical (unpaired) electrons. The molecule has 2 N–H and O–H groups in total. The molecule has 0 aliphatic heterocycles. The Morgan fingerprint density at radius 1 is 1.40 bits per heavy atom. The van der Waals surface area contributed by atoms with Gasteiger partial charge in [0.15, 0.2) is 0 Å². The largest absolute Gasteiger partial charge is 0.398 e. The van der Waals surface area contributed by atoms with Gasteiger partial charge in [-0.15, -0.1) is 11.3 Å². The monoisotopic (exact) mass is 217 g/mol. The Balaban J connectivity index is 2.68. The normalized spacial score (nSPS) is 10.7. The van der Waals surface area contributed by atoms with E-state index in [0.717, 1.165) is 17.7 Å². The molecule has 2 rings (SSSR count). The van der Waals surface area contributed by atoms with Crippen molar-refractivity contribution in [3.8, 4) is 0 Å². The van der Waals surface area contributed by atoms with E-state index in [-0.39, 0.29) is 0 Å². The van der Waals surface area contributed by atoms with Gasteiger partial charge in [0.05, 0.1) is 4.88 Å². The van der Waals surface area contributed by atoms with E-state index in [1.165, 1.54) is 15.6 Å². The predicted molar refractivity (Wildman–Crippen MR) is 69.0 cm³/mol. The van der Waals surface area contributed by atoms with Crippen molar-refractivity contribution in [1.29, 1.82) is 0 Å². The number of fused-ring (bicyclic) bond motifs is 1. The highest BCUT2D eigenvalue weighted by Gasteiger charge is 2.11. The Morgan fingerprint density at radius 3 is 2.80 bits per heavy atom. The molecular formula is C13H15NS. The summed E-state index contributed by atoms with van der Waals surface area (Å²) in [4.78, 5) is 1.16. The van der Waals surface area contributed by atoms with E-state index in [9.17, 15) is 0 Å². The van der Waals surface area contributed by atoms with Gasteiger partial charge in [0.1, 0.15) is 0 Å². The highest BCUT2D eigenvalue weighted by molar-refractivity contribution is 7.20. The lowest BCUT2D eigenvalue weighted by molar-refractivity contribution is 0.930. The van der Waals surface area contributed by atoms with E-state index >= 15 is 0 Å². The average molecular weight is 217 g/mol. The van der Waals surface area contributed by atoms with Gasteiger partial charge in [-0.2, -0.15) is 0 Å². The van der Waals surface area contributed by atoms with Gasteiger partial charge in [0, 0.05) is 10.4 Å². The summed E-state index contributed by atoms with van der Waals surface area (Å²) < 4.78 is 1.31. The van der Waals surface area contributed by atoms with Crippen LogP contribution in [0.5, 0.6) is 0 Å². The molecule has 1 heterocycles. The lowest BCUT2D eigenvalue weighted by atomic mass is 10.1. The van der Waals surface area contributed by atoms with Crippen LogP contribution in [-0.4, -0.2) is 0 Å². The number of aryl methyl sites for hydroxylation is 1. The van der Waals surface area contributed by atoms with Crippen molar-refractivity contribution in [2.75, 3.05) is 0 Å². The number of hydrogen-bond acceptors (Lipinski definition) is 2. The number of rotatable bonds is 3. The number of nitrogens with two attached hydrogens (primary N) is 1. The first-order valence-corrected chi connectivity index (χ1v) is 6.00. The van der Waals surface area contributed by atoms with Crippen molar-refractivity contribution in [3.63, 3.8) is 0 Å². The lowest BCUT2D eigenvalue weighted by Gasteiger charge is -2.01. The molecule has 0 saturated heterocycles. The molecule has 0 amide bonds. The maximum absolute atomic E-state index is 5.82. The van der Waals surface area contributed by atoms with Gasteiger partial charge < -0.3 is 5.73 Å². The molecule has 0 atom stereocenters. The van der Waals surface area contributed by atoms with Gasteiger partial charge in [-0.05, 0) is 23.4 Å². The minimum Gasteiger partial charge on any atom is -0.398 e. The minimum atomic E-state index is 0.694. The Bertz CT molecular complexity index is 496. The van der Waals surface area contributed by atoms with Gasteiger partial charge in [-0.25, -0.2) is 0 Å². The fourth-order valence-electron chi connectivity index (χ4n) is 1.86. The van der Waals surface area contributed by atoms with Crippen LogP contribution in [0.2, 0.25) is 0 Å². The molecule has 15 heavy (non-hydrogen) atoms. The van der Waals surface area contributed by atoms with Crippen LogP contribution in [0.3, 0.4) is 0 Å². The second-order valence-corrected chi connectivity index (χ2v) is 4.73. The highest BCUT2D eigenvalue weighted by Crippen LogP contribution is 2.34. The molecule has 2 aromatic rings. The molecular weight excluding hydrogens is 202 g/mol. The molecule has 78 valence electrons. The maximum Gasteiger partial charge on any atom is 0.0538 e. The van der Waals surface area contributed by atoms with Gasteiger partial charge in [-0.1, -0.05) is 38.1 Å². The second kappa shape index (κ2) is 4.07. The highest BCUT2D eigenvalue weighted by atomic mass is 32.1. The Labute approximate surface area is 94.2 Å². The Morgan fingerprint density at radius 2 is 2.13 bits per heavy atom. The molecule has 0 aliphatic carbocycles. The van der Waals surface area contributed by atoms with E-state index < -0.39 is 0 Å². The van der Waals surface area contributed by atoms with E-state index in [4.69, 9.17) is 5.73 Å². The van der Waals surface area contributed by atoms with Gasteiger partial charge in [0.25, 0.3) is 0 Å². The summed E-state index contributed by atoms with van der Waals surface area (Å²) in [6.45, 7) is 6.04. The van der Waals surface area contributed by atoms with Gasteiger partial charge >= 0.3 is 0 Å². The summed E-state index contributed by atoms with van der Waals surface area (Å²) in [7, 11) is 0. The third-order valence-corrected chi connectivity index (χ3v) is 3.78. The zero-order chi connectivity index (χ0) is 10.8. The smallest absolute Gasteiger partial charge is 0.0538 e. The van der Waals surface area contributed by atoms with Crippen LogP contribution in [0.15, 0.2) is 30.8 Å². The molecule has 0 fully saturated rings. The molecule has 1 aromatic heterocycles. The van der Waals surface area contributed by atoms with Crippen LogP contribution in [0, 0.1) is 0 Å².